The van der Waals surface area contributed by atoms with Crippen LogP contribution >= 0.6 is 15.9 Å². The molecule has 0 atom stereocenters. The summed E-state index contributed by atoms with van der Waals surface area (Å²) in [6.07, 6.45) is 3.58. The molecule has 2 aromatic carbocycles. The van der Waals surface area contributed by atoms with E-state index >= 15 is 0 Å². The van der Waals surface area contributed by atoms with Crippen molar-refractivity contribution in [2.75, 3.05) is 5.43 Å². The van der Waals surface area contributed by atoms with E-state index in [0.29, 0.717) is 0 Å². The second kappa shape index (κ2) is 7.40. The topological polar surface area (TPSA) is 61.7 Å². The number of allylic oxidation sites excluding steroid dienone is 1. The molecule has 0 aromatic heterocycles. The number of hydrogen-bond donors (Lipinski definition) is 2. The number of carboxylic acids is 1. The third-order valence-corrected chi connectivity index (χ3v) is 3.05. The highest BCUT2D eigenvalue weighted by molar-refractivity contribution is 9.12. The Morgan fingerprint density at radius 3 is 2.38 bits per heavy atom. The van der Waals surface area contributed by atoms with Crippen LogP contribution in [-0.2, 0) is 0 Å². The lowest BCUT2D eigenvalue weighted by Gasteiger charge is -2.00. The summed E-state index contributed by atoms with van der Waals surface area (Å²) in [6.45, 7) is 0. The van der Waals surface area contributed by atoms with E-state index in [2.05, 4.69) is 26.5 Å². The summed E-state index contributed by atoms with van der Waals surface area (Å²) in [6, 6.07) is 16.2. The zero-order valence-electron chi connectivity index (χ0n) is 11.0. The molecular weight excluding hydrogens is 332 g/mol. The number of halogens is 1. The Morgan fingerprint density at radius 1 is 1.10 bits per heavy atom. The Hall–Kier alpha value is -2.40. The highest BCUT2D eigenvalue weighted by Crippen LogP contribution is 2.12. The number of anilines is 1. The van der Waals surface area contributed by atoms with Crippen LogP contribution < -0.4 is 5.43 Å². The van der Waals surface area contributed by atoms with Crippen molar-refractivity contribution in [3.63, 3.8) is 0 Å². The molecule has 0 saturated heterocycles. The first-order valence-electron chi connectivity index (χ1n) is 6.20. The summed E-state index contributed by atoms with van der Waals surface area (Å²) in [5, 5.41) is 12.9. The minimum absolute atomic E-state index is 0.245. The molecule has 21 heavy (non-hydrogen) atoms. The van der Waals surface area contributed by atoms with Gasteiger partial charge in [-0.2, -0.15) is 5.10 Å². The summed E-state index contributed by atoms with van der Waals surface area (Å²) in [7, 11) is 0. The number of carbonyl (C=O) groups is 1. The molecule has 0 heterocycles. The van der Waals surface area contributed by atoms with Gasteiger partial charge in [0.25, 0.3) is 0 Å². The highest BCUT2D eigenvalue weighted by Gasteiger charge is 2.00. The minimum Gasteiger partial charge on any atom is -0.478 e. The van der Waals surface area contributed by atoms with Crippen LogP contribution in [0, 0.1) is 0 Å². The molecule has 2 aromatic rings. The first-order valence-corrected chi connectivity index (χ1v) is 6.99. The van der Waals surface area contributed by atoms with Crippen molar-refractivity contribution in [1.82, 2.24) is 0 Å². The normalized spacial score (nSPS) is 11.6. The van der Waals surface area contributed by atoms with Crippen LogP contribution in [0.3, 0.4) is 0 Å². The Bertz CT molecular complexity index is 664. The molecule has 0 fully saturated rings. The third kappa shape index (κ3) is 4.89. The average Bonchev–Trinajstić information content (AvgIpc) is 2.49. The van der Waals surface area contributed by atoms with Gasteiger partial charge in [-0.1, -0.05) is 30.3 Å². The predicted molar refractivity (Wildman–Crippen MR) is 88.9 cm³/mol. The van der Waals surface area contributed by atoms with Gasteiger partial charge in [-0.3, -0.25) is 5.43 Å². The second-order valence-electron chi connectivity index (χ2n) is 4.19. The molecule has 5 heteroatoms. The molecule has 2 N–H and O–H groups in total. The van der Waals surface area contributed by atoms with Crippen molar-refractivity contribution >= 4 is 39.9 Å². The van der Waals surface area contributed by atoms with Crippen LogP contribution in [-0.4, -0.2) is 17.3 Å². The van der Waals surface area contributed by atoms with Crippen LogP contribution in [0.1, 0.15) is 15.9 Å². The number of benzene rings is 2. The van der Waals surface area contributed by atoms with Gasteiger partial charge >= 0.3 is 5.97 Å². The Morgan fingerprint density at radius 2 is 1.76 bits per heavy atom. The molecule has 0 bridgehead atoms. The van der Waals surface area contributed by atoms with E-state index < -0.39 is 5.97 Å². The molecular formula is C16H13BrN2O2. The maximum atomic E-state index is 10.7. The number of aromatic carboxylic acids is 1. The molecule has 0 aliphatic rings. The van der Waals surface area contributed by atoms with Gasteiger partial charge < -0.3 is 5.11 Å². The smallest absolute Gasteiger partial charge is 0.335 e. The van der Waals surface area contributed by atoms with E-state index in [1.807, 2.05) is 36.4 Å². The number of carboxylic acid groups (broad SMARTS) is 1. The first kappa shape index (κ1) is 15.0. The third-order valence-electron chi connectivity index (χ3n) is 2.62. The zero-order valence-corrected chi connectivity index (χ0v) is 12.6. The molecule has 0 aliphatic carbocycles. The molecule has 0 radical (unpaired) electrons. The van der Waals surface area contributed by atoms with Crippen LogP contribution in [0.4, 0.5) is 5.69 Å². The quantitative estimate of drug-likeness (QED) is 0.630. The summed E-state index contributed by atoms with van der Waals surface area (Å²) < 4.78 is 0.823. The van der Waals surface area contributed by atoms with Gasteiger partial charge in [-0.05, 0) is 51.8 Å². The van der Waals surface area contributed by atoms with Gasteiger partial charge in [0.1, 0.15) is 0 Å². The lowest BCUT2D eigenvalue weighted by atomic mass is 10.2. The molecule has 2 rings (SSSR count). The van der Waals surface area contributed by atoms with Gasteiger partial charge in [0.05, 0.1) is 17.5 Å². The van der Waals surface area contributed by atoms with Crippen molar-refractivity contribution in [3.8, 4) is 0 Å². The number of rotatable bonds is 5. The molecule has 106 valence electrons. The predicted octanol–water partition coefficient (Wildman–Crippen LogP) is 4.22. The number of hydrogen-bond acceptors (Lipinski definition) is 3. The van der Waals surface area contributed by atoms with E-state index in [1.54, 1.807) is 18.3 Å². The van der Waals surface area contributed by atoms with Crippen LogP contribution in [0.5, 0.6) is 0 Å². The van der Waals surface area contributed by atoms with Crippen molar-refractivity contribution in [2.24, 2.45) is 5.10 Å². The monoisotopic (exact) mass is 344 g/mol. The largest absolute Gasteiger partial charge is 0.478 e. The van der Waals surface area contributed by atoms with E-state index in [9.17, 15) is 4.79 Å². The van der Waals surface area contributed by atoms with Crippen LogP contribution in [0.2, 0.25) is 0 Å². The summed E-state index contributed by atoms with van der Waals surface area (Å²) in [5.74, 6) is -0.946. The number of nitrogens with zero attached hydrogens (tertiary/aromatic N) is 1. The minimum atomic E-state index is -0.946. The summed E-state index contributed by atoms with van der Waals surface area (Å²) >= 11 is 3.41. The standard InChI is InChI=1S/C16H13BrN2O2/c17-14(10-12-4-2-1-3-5-12)11-18-19-15-8-6-13(7-9-15)16(20)21/h1-11,19H,(H,20,21)/b14-10-,18-11-. The van der Waals surface area contributed by atoms with Crippen molar-refractivity contribution in [3.05, 3.63) is 70.2 Å². The van der Waals surface area contributed by atoms with Gasteiger partial charge in [0.2, 0.25) is 0 Å². The molecule has 0 spiro atoms. The van der Waals surface area contributed by atoms with E-state index in [1.165, 1.54) is 12.1 Å². The molecule has 0 saturated carbocycles. The summed E-state index contributed by atoms with van der Waals surface area (Å²) in [4.78, 5) is 10.7. The SMILES string of the molecule is O=C(O)c1ccc(N/N=C\C(Br)=C\c2ccccc2)cc1. The van der Waals surface area contributed by atoms with E-state index in [4.69, 9.17) is 5.11 Å². The fourth-order valence-corrected chi connectivity index (χ4v) is 1.97. The number of hydrazone groups is 1. The fourth-order valence-electron chi connectivity index (χ4n) is 1.60. The van der Waals surface area contributed by atoms with E-state index in [0.717, 1.165) is 15.7 Å². The Labute approximate surface area is 130 Å². The van der Waals surface area contributed by atoms with Gasteiger partial charge in [0, 0.05) is 4.48 Å². The summed E-state index contributed by atoms with van der Waals surface area (Å²) in [5.41, 5.74) is 4.87. The molecule has 0 aliphatic heterocycles. The molecule has 4 nitrogen and oxygen atoms in total. The van der Waals surface area contributed by atoms with Crippen LogP contribution in [0.25, 0.3) is 6.08 Å². The molecule has 0 unspecified atom stereocenters. The maximum Gasteiger partial charge on any atom is 0.335 e. The number of nitrogens with one attached hydrogen (secondary N) is 1. The van der Waals surface area contributed by atoms with Crippen molar-refractivity contribution in [2.45, 2.75) is 0 Å². The second-order valence-corrected chi connectivity index (χ2v) is 5.11. The van der Waals surface area contributed by atoms with Gasteiger partial charge in [0.15, 0.2) is 0 Å². The Balaban J connectivity index is 1.95. The molecule has 0 amide bonds. The lowest BCUT2D eigenvalue weighted by Crippen LogP contribution is -1.96. The van der Waals surface area contributed by atoms with Crippen molar-refractivity contribution < 1.29 is 9.90 Å². The average molecular weight is 345 g/mol. The van der Waals surface area contributed by atoms with Gasteiger partial charge in [-0.25, -0.2) is 4.79 Å². The highest BCUT2D eigenvalue weighted by atomic mass is 79.9. The Kier molecular flexibility index (Phi) is 5.29. The zero-order chi connectivity index (χ0) is 15.1. The van der Waals surface area contributed by atoms with Crippen molar-refractivity contribution in [1.29, 1.82) is 0 Å². The lowest BCUT2D eigenvalue weighted by molar-refractivity contribution is 0.0697. The maximum absolute atomic E-state index is 10.7. The van der Waals surface area contributed by atoms with Gasteiger partial charge in [-0.15, -0.1) is 0 Å². The fraction of sp³-hybridized carbons (Fsp3) is 0. The van der Waals surface area contributed by atoms with E-state index in [-0.39, 0.29) is 5.56 Å². The first-order chi connectivity index (χ1) is 10.1. The van der Waals surface area contributed by atoms with Crippen LogP contribution in [0.15, 0.2) is 64.2 Å².